The number of hydrogen-bond acceptors (Lipinski definition) is 7. The summed E-state index contributed by atoms with van der Waals surface area (Å²) in [6.45, 7) is 9.79. The second kappa shape index (κ2) is 14.1. The van der Waals surface area contributed by atoms with E-state index in [0.29, 0.717) is 30.4 Å². The lowest BCUT2D eigenvalue weighted by molar-refractivity contribution is -0.127. The van der Waals surface area contributed by atoms with E-state index in [1.807, 2.05) is 13.8 Å². The van der Waals surface area contributed by atoms with E-state index >= 15 is 0 Å². The Morgan fingerprint density at radius 3 is 2.55 bits per heavy atom. The van der Waals surface area contributed by atoms with Gasteiger partial charge < -0.3 is 30.6 Å². The molecule has 0 heterocycles. The van der Waals surface area contributed by atoms with Crippen molar-refractivity contribution in [1.82, 2.24) is 10.6 Å². The first kappa shape index (κ1) is 25.0. The Hall–Kier alpha value is -2.00. The first-order chi connectivity index (χ1) is 13.8. The molecule has 164 valence electrons. The molecule has 4 N–H and O–H groups in total. The lowest BCUT2D eigenvalue weighted by Gasteiger charge is -2.15. The summed E-state index contributed by atoms with van der Waals surface area (Å²) in [6.07, 6.45) is -0.640. The number of Topliss-reactive ketones (excluding diaryl/α,β-unsaturated/α-hetero) is 1. The highest BCUT2D eigenvalue weighted by molar-refractivity contribution is 5.94. The van der Waals surface area contributed by atoms with Gasteiger partial charge in [0, 0.05) is 30.6 Å². The van der Waals surface area contributed by atoms with E-state index in [2.05, 4.69) is 24.5 Å². The molecule has 29 heavy (non-hydrogen) atoms. The van der Waals surface area contributed by atoms with E-state index in [-0.39, 0.29) is 44.0 Å². The van der Waals surface area contributed by atoms with Crippen molar-refractivity contribution in [3.63, 3.8) is 0 Å². The average Bonchev–Trinajstić information content (AvgIpc) is 2.69. The summed E-state index contributed by atoms with van der Waals surface area (Å²) in [7, 11) is 0. The van der Waals surface area contributed by atoms with Crippen molar-refractivity contribution in [2.45, 2.75) is 40.0 Å². The Balaban J connectivity index is 2.27. The fraction of sp³-hybridized carbons (Fsp3) is 0.619. The van der Waals surface area contributed by atoms with Gasteiger partial charge >= 0.3 is 0 Å². The zero-order valence-electron chi connectivity index (χ0n) is 17.9. The normalized spacial score (nSPS) is 12.2. The third kappa shape index (κ3) is 11.6. The lowest BCUT2D eigenvalue weighted by Crippen LogP contribution is -2.34. The van der Waals surface area contributed by atoms with Crippen LogP contribution in [0.15, 0.2) is 24.3 Å². The van der Waals surface area contributed by atoms with E-state index in [0.717, 1.165) is 0 Å². The predicted molar refractivity (Wildman–Crippen MR) is 112 cm³/mol. The van der Waals surface area contributed by atoms with Gasteiger partial charge in [-0.25, -0.2) is 0 Å². The highest BCUT2D eigenvalue weighted by Gasteiger charge is 2.09. The molecule has 0 aliphatic carbocycles. The van der Waals surface area contributed by atoms with Gasteiger partial charge in [0.15, 0.2) is 5.78 Å². The Morgan fingerprint density at radius 2 is 1.86 bits per heavy atom. The van der Waals surface area contributed by atoms with Crippen LogP contribution in [0.2, 0.25) is 0 Å². The maximum absolute atomic E-state index is 12.2. The van der Waals surface area contributed by atoms with Crippen LogP contribution in [0.5, 0.6) is 5.75 Å². The Kier molecular flexibility index (Phi) is 12.1. The molecular formula is C21H35N3O5. The van der Waals surface area contributed by atoms with Gasteiger partial charge in [0.2, 0.25) is 0 Å². The van der Waals surface area contributed by atoms with Crippen molar-refractivity contribution >= 4 is 11.7 Å². The highest BCUT2D eigenvalue weighted by Crippen LogP contribution is 2.13. The largest absolute Gasteiger partial charge is 0.489 e. The number of rotatable bonds is 15. The summed E-state index contributed by atoms with van der Waals surface area (Å²) in [6, 6.07) is 7.28. The molecule has 1 amide bonds. The molecule has 1 atom stereocenters. The van der Waals surface area contributed by atoms with Gasteiger partial charge in [-0.1, -0.05) is 33.8 Å². The topological polar surface area (TPSA) is 112 Å². The van der Waals surface area contributed by atoms with Crippen molar-refractivity contribution in [3.8, 4) is 5.75 Å². The van der Waals surface area contributed by atoms with Crippen molar-refractivity contribution in [2.75, 3.05) is 39.5 Å². The Bertz CT molecular complexity index is 622. The lowest BCUT2D eigenvalue weighted by atomic mass is 10.1. The number of nitrogens with two attached hydrogens (primary N) is 1. The fourth-order valence-corrected chi connectivity index (χ4v) is 2.19. The molecule has 8 nitrogen and oxygen atoms in total. The van der Waals surface area contributed by atoms with Crippen LogP contribution in [-0.4, -0.2) is 63.5 Å². The quantitative estimate of drug-likeness (QED) is 0.296. The zero-order chi connectivity index (χ0) is 21.6. The molecule has 0 saturated carbocycles. The minimum absolute atomic E-state index is 0.0406. The predicted octanol–water partition coefficient (Wildman–Crippen LogP) is 1.34. The minimum atomic E-state index is -0.640. The molecular weight excluding hydrogens is 374 g/mol. The van der Waals surface area contributed by atoms with Gasteiger partial charge in [-0.05, 0) is 18.2 Å². The molecule has 0 bridgehead atoms. The maximum Gasteiger partial charge on any atom is 0.251 e. The van der Waals surface area contributed by atoms with Crippen LogP contribution in [-0.2, 0) is 14.3 Å². The van der Waals surface area contributed by atoms with Crippen LogP contribution in [0.1, 0.15) is 38.1 Å². The van der Waals surface area contributed by atoms with E-state index in [4.69, 9.17) is 19.9 Å². The summed E-state index contributed by atoms with van der Waals surface area (Å²) in [5.41, 5.74) is 6.38. The number of carbonyl (C=O) groups excluding carboxylic acids is 2. The fourth-order valence-electron chi connectivity index (χ4n) is 2.19. The number of benzene rings is 1. The first-order valence-corrected chi connectivity index (χ1v) is 10.0. The van der Waals surface area contributed by atoms with Gasteiger partial charge in [0.05, 0.1) is 13.2 Å². The maximum atomic E-state index is 12.2. The van der Waals surface area contributed by atoms with E-state index in [1.165, 1.54) is 0 Å². The second-order valence-corrected chi connectivity index (χ2v) is 7.29. The average molecular weight is 410 g/mol. The summed E-state index contributed by atoms with van der Waals surface area (Å²) in [4.78, 5) is 23.6. The van der Waals surface area contributed by atoms with E-state index in [1.54, 1.807) is 24.3 Å². The van der Waals surface area contributed by atoms with Crippen LogP contribution in [0, 0.1) is 5.92 Å². The number of amides is 1. The smallest absolute Gasteiger partial charge is 0.251 e. The molecule has 1 rings (SSSR count). The van der Waals surface area contributed by atoms with Crippen molar-refractivity contribution in [2.24, 2.45) is 11.7 Å². The Morgan fingerprint density at radius 1 is 1.10 bits per heavy atom. The number of nitrogens with one attached hydrogen (secondary N) is 2. The molecule has 1 unspecified atom stereocenters. The molecule has 0 fully saturated rings. The highest BCUT2D eigenvalue weighted by atomic mass is 16.6. The van der Waals surface area contributed by atoms with Crippen LogP contribution in [0.4, 0.5) is 0 Å². The summed E-state index contributed by atoms with van der Waals surface area (Å²) < 4.78 is 16.2. The van der Waals surface area contributed by atoms with Crippen LogP contribution in [0.3, 0.4) is 0 Å². The molecule has 0 aliphatic rings. The zero-order valence-corrected chi connectivity index (χ0v) is 17.9. The molecule has 1 aromatic carbocycles. The molecule has 8 heteroatoms. The molecule has 0 saturated heterocycles. The van der Waals surface area contributed by atoms with E-state index < -0.39 is 6.23 Å². The van der Waals surface area contributed by atoms with Crippen molar-refractivity contribution in [3.05, 3.63) is 29.8 Å². The van der Waals surface area contributed by atoms with Gasteiger partial charge in [-0.2, -0.15) is 0 Å². The van der Waals surface area contributed by atoms with Gasteiger partial charge in [0.25, 0.3) is 5.91 Å². The van der Waals surface area contributed by atoms with E-state index in [9.17, 15) is 9.59 Å². The number of ketones is 1. The Labute approximate surface area is 173 Å². The van der Waals surface area contributed by atoms with Gasteiger partial charge in [0.1, 0.15) is 25.2 Å². The molecule has 0 aliphatic heterocycles. The van der Waals surface area contributed by atoms with Gasteiger partial charge in [-0.3, -0.25) is 9.59 Å². The standard InChI is InChI=1S/C21H35N3O5/c1-15(2)19(25)13-27-10-11-28-20(22)14-29-18-7-5-6-17(12-18)21(26)24-9-8-23-16(3)4/h5-7,12,15-16,20,23H,8-11,13-14,22H2,1-4H3,(H,24,26). The summed E-state index contributed by atoms with van der Waals surface area (Å²) in [5.74, 6) is 0.393. The van der Waals surface area contributed by atoms with Gasteiger partial charge in [-0.15, -0.1) is 0 Å². The molecule has 0 radical (unpaired) electrons. The monoisotopic (exact) mass is 409 g/mol. The third-order valence-corrected chi connectivity index (χ3v) is 3.92. The number of carbonyl (C=O) groups is 2. The van der Waals surface area contributed by atoms with Crippen LogP contribution >= 0.6 is 0 Å². The van der Waals surface area contributed by atoms with Crippen LogP contribution in [0.25, 0.3) is 0 Å². The molecule has 1 aromatic rings. The number of hydrogen-bond donors (Lipinski definition) is 3. The SMILES string of the molecule is CC(C)NCCNC(=O)c1cccc(OCC(N)OCCOCC(=O)C(C)C)c1. The molecule has 0 spiro atoms. The van der Waals surface area contributed by atoms with Crippen molar-refractivity contribution in [1.29, 1.82) is 0 Å². The summed E-state index contributed by atoms with van der Waals surface area (Å²) >= 11 is 0. The molecule has 0 aromatic heterocycles. The first-order valence-electron chi connectivity index (χ1n) is 10.0. The minimum Gasteiger partial charge on any atom is -0.489 e. The third-order valence-electron chi connectivity index (χ3n) is 3.92. The number of ether oxygens (including phenoxy) is 3. The van der Waals surface area contributed by atoms with Crippen LogP contribution < -0.4 is 21.1 Å². The summed E-state index contributed by atoms with van der Waals surface area (Å²) in [5, 5.41) is 6.10. The van der Waals surface area contributed by atoms with Crippen molar-refractivity contribution < 1.29 is 23.8 Å². The second-order valence-electron chi connectivity index (χ2n) is 7.29.